The first-order chi connectivity index (χ1) is 4.31. The summed E-state index contributed by atoms with van der Waals surface area (Å²) in [4.78, 5) is 0. The van der Waals surface area contributed by atoms with Crippen LogP contribution in [-0.2, 0) is 0 Å². The van der Waals surface area contributed by atoms with Crippen LogP contribution in [0.3, 0.4) is 0 Å². The van der Waals surface area contributed by atoms with Crippen LogP contribution >= 0.6 is 0 Å². The van der Waals surface area contributed by atoms with Gasteiger partial charge in [0.1, 0.15) is 0 Å². The van der Waals surface area contributed by atoms with Crippen LogP contribution in [-0.4, -0.2) is 17.7 Å². The van der Waals surface area contributed by atoms with Crippen molar-refractivity contribution in [2.24, 2.45) is 5.92 Å². The molecule has 0 aromatic rings. The third kappa shape index (κ3) is 6.22. The van der Waals surface area contributed by atoms with E-state index in [1.807, 2.05) is 0 Å². The van der Waals surface area contributed by atoms with E-state index in [-0.39, 0.29) is 0 Å². The summed E-state index contributed by atoms with van der Waals surface area (Å²) >= 11 is 2.17. The molecule has 0 fully saturated rings. The second-order valence-electron chi connectivity index (χ2n) is 2.63. The van der Waals surface area contributed by atoms with Crippen LogP contribution in [0.5, 0.6) is 0 Å². The van der Waals surface area contributed by atoms with Gasteiger partial charge >= 0.3 is 67.6 Å². The van der Waals surface area contributed by atoms with Crippen LogP contribution in [0, 0.1) is 5.92 Å². The second-order valence-corrected chi connectivity index (χ2v) is 2.63. The summed E-state index contributed by atoms with van der Waals surface area (Å²) in [5.74, 6) is 0.868. The van der Waals surface area contributed by atoms with E-state index >= 15 is 0 Å². The number of hydrogen-bond acceptors (Lipinski definition) is 0. The quantitative estimate of drug-likeness (QED) is 0.393. The first kappa shape index (κ1) is 9.34. The maximum absolute atomic E-state index is 2.29. The first-order valence-corrected chi connectivity index (χ1v) is 3.96. The van der Waals surface area contributed by atoms with Crippen molar-refractivity contribution in [3.05, 3.63) is 12.2 Å². The van der Waals surface area contributed by atoms with Gasteiger partial charge in [-0.15, -0.1) is 0 Å². The summed E-state index contributed by atoms with van der Waals surface area (Å²) < 4.78 is 0. The molecule has 9 heavy (non-hydrogen) atoms. The SMILES string of the molecule is [Li][CH2]C=CCC(C)CC. The minimum absolute atomic E-state index is 0.868. The molecule has 0 radical (unpaired) electrons. The molecule has 0 spiro atoms. The molecule has 0 aromatic heterocycles. The van der Waals surface area contributed by atoms with Crippen molar-refractivity contribution < 1.29 is 0 Å². The number of rotatable bonds is 4. The van der Waals surface area contributed by atoms with E-state index in [4.69, 9.17) is 0 Å². The predicted octanol–water partition coefficient (Wildman–Crippen LogP) is 2.57. The van der Waals surface area contributed by atoms with Crippen LogP contribution in [0.2, 0.25) is 5.09 Å². The summed E-state index contributed by atoms with van der Waals surface area (Å²) in [7, 11) is 0. The second kappa shape index (κ2) is 6.46. The van der Waals surface area contributed by atoms with Gasteiger partial charge in [-0.3, -0.25) is 0 Å². The van der Waals surface area contributed by atoms with Gasteiger partial charge in [0, 0.05) is 0 Å². The summed E-state index contributed by atoms with van der Waals surface area (Å²) in [6, 6.07) is 0. The van der Waals surface area contributed by atoms with E-state index in [0.29, 0.717) is 0 Å². The van der Waals surface area contributed by atoms with E-state index in [2.05, 4.69) is 43.7 Å². The minimum atomic E-state index is 0.868. The van der Waals surface area contributed by atoms with E-state index in [9.17, 15) is 0 Å². The molecular weight excluding hydrogens is 103 g/mol. The van der Waals surface area contributed by atoms with Gasteiger partial charge in [0.25, 0.3) is 0 Å². The Bertz CT molecular complexity index is 76.6. The Morgan fingerprint density at radius 3 is 2.56 bits per heavy atom. The molecule has 0 bridgehead atoms. The molecule has 0 saturated carbocycles. The first-order valence-electron chi connectivity index (χ1n) is 3.96. The molecule has 0 nitrogen and oxygen atoms in total. The van der Waals surface area contributed by atoms with Crippen molar-refractivity contribution in [2.45, 2.75) is 31.8 Å². The van der Waals surface area contributed by atoms with Gasteiger partial charge < -0.3 is 0 Å². The van der Waals surface area contributed by atoms with E-state index in [1.54, 1.807) is 0 Å². The van der Waals surface area contributed by atoms with E-state index in [0.717, 1.165) is 5.92 Å². The summed E-state index contributed by atoms with van der Waals surface area (Å²) in [5, 5.41) is 1.18. The normalized spacial score (nSPS) is 14.7. The van der Waals surface area contributed by atoms with Gasteiger partial charge in [-0.2, -0.15) is 0 Å². The van der Waals surface area contributed by atoms with Crippen molar-refractivity contribution in [1.82, 2.24) is 0 Å². The van der Waals surface area contributed by atoms with Crippen molar-refractivity contribution in [2.75, 3.05) is 0 Å². The fourth-order valence-corrected chi connectivity index (χ4v) is 0.662. The van der Waals surface area contributed by atoms with Crippen molar-refractivity contribution in [1.29, 1.82) is 0 Å². The zero-order valence-electron chi connectivity index (χ0n) is 6.85. The third-order valence-electron chi connectivity index (χ3n) is 1.64. The average molecular weight is 118 g/mol. The fraction of sp³-hybridized carbons (Fsp3) is 0.750. The molecule has 0 amide bonds. The summed E-state index contributed by atoms with van der Waals surface area (Å²) in [5.41, 5.74) is 0. The average Bonchev–Trinajstić information content (AvgIpc) is 1.89. The monoisotopic (exact) mass is 118 g/mol. The molecule has 0 rings (SSSR count). The molecule has 0 aliphatic heterocycles. The molecule has 0 heterocycles. The molecule has 0 aliphatic rings. The molecule has 0 saturated heterocycles. The molecule has 1 heteroatoms. The van der Waals surface area contributed by atoms with Gasteiger partial charge in [0.15, 0.2) is 0 Å². The van der Waals surface area contributed by atoms with E-state index < -0.39 is 0 Å². The van der Waals surface area contributed by atoms with Gasteiger partial charge in [-0.1, -0.05) is 0 Å². The van der Waals surface area contributed by atoms with E-state index in [1.165, 1.54) is 17.9 Å². The van der Waals surface area contributed by atoms with Crippen molar-refractivity contribution in [3.8, 4) is 0 Å². The predicted molar refractivity (Wildman–Crippen MR) is 43.8 cm³/mol. The van der Waals surface area contributed by atoms with Crippen LogP contribution in [0.1, 0.15) is 26.7 Å². The molecule has 0 N–H and O–H groups in total. The topological polar surface area (TPSA) is 0 Å². The van der Waals surface area contributed by atoms with Gasteiger partial charge in [0.05, 0.1) is 0 Å². The number of hydrogen-bond donors (Lipinski definition) is 0. The standard InChI is InChI=1S/C8H15.Li/c1-4-6-7-8(3)5-2;/h4,6,8H,1,5,7H2,2-3H3;. The van der Waals surface area contributed by atoms with Crippen molar-refractivity contribution in [3.63, 3.8) is 0 Å². The van der Waals surface area contributed by atoms with Crippen LogP contribution in [0.15, 0.2) is 12.2 Å². The molecule has 1 atom stereocenters. The summed E-state index contributed by atoms with van der Waals surface area (Å²) in [6.45, 7) is 4.53. The van der Waals surface area contributed by atoms with Crippen molar-refractivity contribution >= 4 is 17.7 Å². The zero-order valence-corrected chi connectivity index (χ0v) is 6.85. The Morgan fingerprint density at radius 1 is 1.44 bits per heavy atom. The Balaban J connectivity index is 3.15. The molecule has 0 aliphatic carbocycles. The van der Waals surface area contributed by atoms with Crippen LogP contribution in [0.25, 0.3) is 0 Å². The molecule has 0 aromatic carbocycles. The van der Waals surface area contributed by atoms with Crippen LogP contribution < -0.4 is 0 Å². The number of allylic oxidation sites excluding steroid dienone is 2. The zero-order chi connectivity index (χ0) is 7.11. The molecule has 1 unspecified atom stereocenters. The Morgan fingerprint density at radius 2 is 2.11 bits per heavy atom. The van der Waals surface area contributed by atoms with Crippen LogP contribution in [0.4, 0.5) is 0 Å². The maximum atomic E-state index is 2.29. The molecule has 48 valence electrons. The fourth-order valence-electron chi connectivity index (χ4n) is 0.662. The summed E-state index contributed by atoms with van der Waals surface area (Å²) in [6.07, 6.45) is 7.08. The Kier molecular flexibility index (Phi) is 6.70. The van der Waals surface area contributed by atoms with Gasteiger partial charge in [0.2, 0.25) is 0 Å². The van der Waals surface area contributed by atoms with Gasteiger partial charge in [-0.05, 0) is 0 Å². The Labute approximate surface area is 67.9 Å². The van der Waals surface area contributed by atoms with Gasteiger partial charge in [-0.25, -0.2) is 0 Å². The Hall–Kier alpha value is 0.337. The molecular formula is C8H15Li. The third-order valence-corrected chi connectivity index (χ3v) is 1.64.